The molecule has 0 amide bonds. The molecule has 0 saturated heterocycles. The van der Waals surface area contributed by atoms with Gasteiger partial charge in [-0.15, -0.1) is 0 Å². The summed E-state index contributed by atoms with van der Waals surface area (Å²) in [5, 5.41) is 0. The van der Waals surface area contributed by atoms with Crippen molar-refractivity contribution in [2.24, 2.45) is 0 Å². The largest absolute Gasteiger partial charge is 0.0622 e. The molecular weight excluding hydrogens is 220 g/mol. The third kappa shape index (κ3) is 4.57. The van der Waals surface area contributed by atoms with E-state index in [4.69, 9.17) is 0 Å². The lowest BCUT2D eigenvalue weighted by atomic mass is 10.1. The predicted molar refractivity (Wildman–Crippen MR) is 78.3 cm³/mol. The first-order valence-corrected chi connectivity index (χ1v) is 8.53. The summed E-state index contributed by atoms with van der Waals surface area (Å²) < 4.78 is 0. The van der Waals surface area contributed by atoms with E-state index in [1.165, 1.54) is 36.1 Å². The zero-order valence-electron chi connectivity index (χ0n) is 10.3. The first-order valence-electron chi connectivity index (χ1n) is 6.53. The number of benzene rings is 2. The molecule has 0 saturated carbocycles. The van der Waals surface area contributed by atoms with E-state index in [0.717, 1.165) is 0 Å². The fraction of sp³-hybridized carbons (Fsp3) is 0.250. The average molecular weight is 240 g/mol. The van der Waals surface area contributed by atoms with Gasteiger partial charge in [0.1, 0.15) is 0 Å². The predicted octanol–water partition coefficient (Wildman–Crippen LogP) is 3.41. The Morgan fingerprint density at radius 3 is 1.94 bits per heavy atom. The van der Waals surface area contributed by atoms with Crippen molar-refractivity contribution in [1.82, 2.24) is 0 Å². The maximum absolute atomic E-state index is 2.25. The Bertz CT molecular complexity index is 367. The molecule has 0 aliphatic rings. The summed E-state index contributed by atoms with van der Waals surface area (Å²) >= 11 is 0. The molecule has 0 aromatic heterocycles. The van der Waals surface area contributed by atoms with Crippen molar-refractivity contribution < 1.29 is 0 Å². The third-order valence-electron chi connectivity index (χ3n) is 3.12. The Labute approximate surface area is 107 Å². The molecule has 0 aliphatic heterocycles. The Hall–Kier alpha value is -1.34. The van der Waals surface area contributed by atoms with Gasteiger partial charge in [0.25, 0.3) is 0 Å². The van der Waals surface area contributed by atoms with Crippen LogP contribution in [-0.4, -0.2) is 9.52 Å². The SMILES string of the molecule is c1ccc(CCC[SiH2]Cc2ccccc2)cc1. The zero-order chi connectivity index (χ0) is 11.8. The quantitative estimate of drug-likeness (QED) is 0.536. The molecule has 0 N–H and O–H groups in total. The maximum atomic E-state index is 2.25. The first-order chi connectivity index (χ1) is 8.45. The van der Waals surface area contributed by atoms with E-state index in [1.807, 2.05) is 0 Å². The second-order valence-electron chi connectivity index (χ2n) is 4.53. The lowest BCUT2D eigenvalue weighted by Gasteiger charge is -2.02. The molecule has 0 fully saturated rings. The van der Waals surface area contributed by atoms with E-state index in [9.17, 15) is 0 Å². The van der Waals surface area contributed by atoms with E-state index >= 15 is 0 Å². The monoisotopic (exact) mass is 240 g/mol. The second-order valence-corrected chi connectivity index (χ2v) is 6.45. The highest BCUT2D eigenvalue weighted by molar-refractivity contribution is 6.34. The molecule has 0 nitrogen and oxygen atoms in total. The minimum Gasteiger partial charge on any atom is -0.0622 e. The van der Waals surface area contributed by atoms with Gasteiger partial charge in [0.15, 0.2) is 0 Å². The molecule has 2 aromatic carbocycles. The van der Waals surface area contributed by atoms with Crippen LogP contribution in [0.3, 0.4) is 0 Å². The van der Waals surface area contributed by atoms with Gasteiger partial charge in [-0.2, -0.15) is 0 Å². The molecule has 0 radical (unpaired) electrons. The van der Waals surface area contributed by atoms with Crippen LogP contribution in [0.1, 0.15) is 17.5 Å². The van der Waals surface area contributed by atoms with Crippen LogP contribution in [-0.2, 0) is 12.5 Å². The van der Waals surface area contributed by atoms with Gasteiger partial charge in [0.2, 0.25) is 0 Å². The van der Waals surface area contributed by atoms with Gasteiger partial charge in [-0.05, 0) is 18.0 Å². The van der Waals surface area contributed by atoms with Gasteiger partial charge in [-0.25, -0.2) is 0 Å². The van der Waals surface area contributed by atoms with Gasteiger partial charge in [-0.3, -0.25) is 0 Å². The van der Waals surface area contributed by atoms with Gasteiger partial charge in [0, 0.05) is 9.52 Å². The second kappa shape index (κ2) is 7.07. The first kappa shape index (κ1) is 12.1. The number of hydrogen-bond donors (Lipinski definition) is 0. The average Bonchev–Trinajstić information content (AvgIpc) is 2.41. The van der Waals surface area contributed by atoms with Crippen LogP contribution in [0.15, 0.2) is 60.7 Å². The fourth-order valence-electron chi connectivity index (χ4n) is 2.12. The minimum absolute atomic E-state index is 0.0972. The summed E-state index contributed by atoms with van der Waals surface area (Å²) in [4.78, 5) is 0. The standard InChI is InChI=1S/C16H20Si/c1-3-8-15(9-4-1)12-7-13-17-14-16-10-5-2-6-11-16/h1-6,8-11H,7,12-14,17H2. The fourth-order valence-corrected chi connectivity index (χ4v) is 3.72. The summed E-state index contributed by atoms with van der Waals surface area (Å²) in [7, 11) is 0.0972. The van der Waals surface area contributed by atoms with Gasteiger partial charge < -0.3 is 0 Å². The van der Waals surface area contributed by atoms with Gasteiger partial charge in [-0.1, -0.05) is 78.7 Å². The summed E-state index contributed by atoms with van der Waals surface area (Å²) in [5.74, 6) is 0. The van der Waals surface area contributed by atoms with Crippen LogP contribution >= 0.6 is 0 Å². The third-order valence-corrected chi connectivity index (χ3v) is 5.05. The van der Waals surface area contributed by atoms with Crippen molar-refractivity contribution in [1.29, 1.82) is 0 Å². The highest BCUT2D eigenvalue weighted by Crippen LogP contribution is 2.06. The molecule has 0 heterocycles. The summed E-state index contributed by atoms with van der Waals surface area (Å²) in [6.07, 6.45) is 2.62. The van der Waals surface area contributed by atoms with Gasteiger partial charge >= 0.3 is 0 Å². The Balaban J connectivity index is 1.61. The van der Waals surface area contributed by atoms with Crippen LogP contribution in [0.25, 0.3) is 0 Å². The van der Waals surface area contributed by atoms with Gasteiger partial charge in [0.05, 0.1) is 0 Å². The van der Waals surface area contributed by atoms with E-state index in [1.54, 1.807) is 0 Å². The van der Waals surface area contributed by atoms with E-state index in [2.05, 4.69) is 60.7 Å². The highest BCUT2D eigenvalue weighted by Gasteiger charge is 1.95. The molecule has 0 aliphatic carbocycles. The molecule has 2 aromatic rings. The number of aryl methyl sites for hydroxylation is 1. The van der Waals surface area contributed by atoms with E-state index < -0.39 is 0 Å². The van der Waals surface area contributed by atoms with Crippen molar-refractivity contribution in [3.63, 3.8) is 0 Å². The van der Waals surface area contributed by atoms with E-state index in [0.29, 0.717) is 0 Å². The van der Waals surface area contributed by atoms with Crippen molar-refractivity contribution in [3.05, 3.63) is 71.8 Å². The number of hydrogen-bond acceptors (Lipinski definition) is 0. The van der Waals surface area contributed by atoms with Crippen molar-refractivity contribution in [2.75, 3.05) is 0 Å². The Morgan fingerprint density at radius 2 is 1.29 bits per heavy atom. The Morgan fingerprint density at radius 1 is 0.706 bits per heavy atom. The Kier molecular flexibility index (Phi) is 5.05. The smallest absolute Gasteiger partial charge is 0.0248 e. The molecule has 2 rings (SSSR count). The van der Waals surface area contributed by atoms with Crippen molar-refractivity contribution in [3.8, 4) is 0 Å². The van der Waals surface area contributed by atoms with Crippen molar-refractivity contribution in [2.45, 2.75) is 24.9 Å². The highest BCUT2D eigenvalue weighted by atomic mass is 28.2. The molecule has 0 atom stereocenters. The normalized spacial score (nSPS) is 11.1. The summed E-state index contributed by atoms with van der Waals surface area (Å²) in [6, 6.07) is 24.5. The van der Waals surface area contributed by atoms with Crippen LogP contribution in [0.5, 0.6) is 0 Å². The van der Waals surface area contributed by atoms with Crippen molar-refractivity contribution >= 4 is 9.52 Å². The molecule has 0 unspecified atom stereocenters. The van der Waals surface area contributed by atoms with Crippen LogP contribution in [0.4, 0.5) is 0 Å². The van der Waals surface area contributed by atoms with E-state index in [-0.39, 0.29) is 9.52 Å². The molecule has 0 bridgehead atoms. The molecular formula is C16H20Si. The maximum Gasteiger partial charge on any atom is 0.0248 e. The molecule has 88 valence electrons. The summed E-state index contributed by atoms with van der Waals surface area (Å²) in [6.45, 7) is 0. The lowest BCUT2D eigenvalue weighted by molar-refractivity contribution is 0.911. The topological polar surface area (TPSA) is 0 Å². The van der Waals surface area contributed by atoms with Crippen LogP contribution in [0.2, 0.25) is 6.04 Å². The van der Waals surface area contributed by atoms with Crippen LogP contribution in [0, 0.1) is 0 Å². The summed E-state index contributed by atoms with van der Waals surface area (Å²) in [5.41, 5.74) is 3.01. The molecule has 1 heteroatoms. The lowest BCUT2D eigenvalue weighted by Crippen LogP contribution is -1.97. The molecule has 0 spiro atoms. The van der Waals surface area contributed by atoms with Crippen LogP contribution < -0.4 is 0 Å². The minimum atomic E-state index is 0.0972. The molecule has 17 heavy (non-hydrogen) atoms. The number of rotatable bonds is 6. The zero-order valence-corrected chi connectivity index (χ0v) is 11.7.